The molecule has 0 spiro atoms. The Morgan fingerprint density at radius 1 is 1.14 bits per heavy atom. The average Bonchev–Trinajstić information content (AvgIpc) is 2.93. The summed E-state index contributed by atoms with van der Waals surface area (Å²) in [6.07, 6.45) is 5.23. The summed E-state index contributed by atoms with van der Waals surface area (Å²) in [4.78, 5) is 10.5. The quantitative estimate of drug-likeness (QED) is 0.312. The van der Waals surface area contributed by atoms with Crippen LogP contribution in [0.15, 0.2) is 0 Å². The van der Waals surface area contributed by atoms with Crippen molar-refractivity contribution in [1.29, 1.82) is 0 Å². The molecular formula is C22H40F2O4. The van der Waals surface area contributed by atoms with Crippen LogP contribution in [0.5, 0.6) is 0 Å². The zero-order chi connectivity index (χ0) is 21.2. The van der Waals surface area contributed by atoms with Crippen molar-refractivity contribution in [2.24, 2.45) is 11.3 Å². The zero-order valence-electron chi connectivity index (χ0n) is 17.6. The highest BCUT2D eigenvalue weighted by Gasteiger charge is 2.53. The van der Waals surface area contributed by atoms with Gasteiger partial charge in [0.25, 0.3) is 0 Å². The summed E-state index contributed by atoms with van der Waals surface area (Å²) < 4.78 is 28.3. The molecule has 0 heterocycles. The Labute approximate surface area is 168 Å². The molecular weight excluding hydrogens is 366 g/mol. The number of unbranched alkanes of at least 4 members (excludes halogenated alkanes) is 5. The molecule has 0 aliphatic heterocycles. The molecule has 0 aromatic heterocycles. The van der Waals surface area contributed by atoms with E-state index in [0.717, 1.165) is 38.5 Å². The van der Waals surface area contributed by atoms with Gasteiger partial charge in [0.05, 0.1) is 11.7 Å². The molecule has 1 aliphatic carbocycles. The SMILES string of the molecule is CCCCCC(C)(O)CC[C@@]1(C(F)F)CC[C@H](O)[C@@H]1CCCCCCC(=O)O. The highest BCUT2D eigenvalue weighted by Crippen LogP contribution is 2.53. The van der Waals surface area contributed by atoms with Crippen LogP contribution in [0, 0.1) is 11.3 Å². The minimum absolute atomic E-state index is 0.139. The number of hydrogen-bond donors (Lipinski definition) is 3. The van der Waals surface area contributed by atoms with E-state index in [0.29, 0.717) is 38.5 Å². The van der Waals surface area contributed by atoms with Gasteiger partial charge < -0.3 is 15.3 Å². The lowest BCUT2D eigenvalue weighted by Gasteiger charge is -2.38. The van der Waals surface area contributed by atoms with E-state index in [1.807, 2.05) is 0 Å². The van der Waals surface area contributed by atoms with Gasteiger partial charge in [0, 0.05) is 11.8 Å². The number of carboxylic acids is 1. The van der Waals surface area contributed by atoms with Crippen molar-refractivity contribution >= 4 is 5.97 Å². The second-order valence-corrected chi connectivity index (χ2v) is 9.05. The Morgan fingerprint density at radius 3 is 2.43 bits per heavy atom. The van der Waals surface area contributed by atoms with E-state index in [2.05, 4.69) is 6.92 Å². The molecule has 0 aromatic carbocycles. The lowest BCUT2D eigenvalue weighted by molar-refractivity contribution is -0.137. The van der Waals surface area contributed by atoms with E-state index in [4.69, 9.17) is 5.11 Å². The second-order valence-electron chi connectivity index (χ2n) is 9.05. The molecule has 28 heavy (non-hydrogen) atoms. The van der Waals surface area contributed by atoms with Crippen LogP contribution >= 0.6 is 0 Å². The normalized spacial score (nSPS) is 27.2. The number of aliphatic hydroxyl groups is 2. The predicted octanol–water partition coefficient (Wildman–Crippen LogP) is 5.55. The molecule has 166 valence electrons. The minimum atomic E-state index is -2.51. The van der Waals surface area contributed by atoms with Crippen LogP contribution in [0.3, 0.4) is 0 Å². The third-order valence-electron chi connectivity index (χ3n) is 6.65. The van der Waals surface area contributed by atoms with E-state index in [9.17, 15) is 23.8 Å². The fourth-order valence-corrected chi connectivity index (χ4v) is 4.73. The van der Waals surface area contributed by atoms with Crippen molar-refractivity contribution in [3.63, 3.8) is 0 Å². The van der Waals surface area contributed by atoms with Gasteiger partial charge in [-0.2, -0.15) is 0 Å². The highest BCUT2D eigenvalue weighted by atomic mass is 19.3. The molecule has 0 amide bonds. The van der Waals surface area contributed by atoms with Crippen LogP contribution in [0.4, 0.5) is 8.78 Å². The number of carboxylic acid groups (broad SMARTS) is 1. The molecule has 0 aromatic rings. The van der Waals surface area contributed by atoms with Gasteiger partial charge in [-0.3, -0.25) is 4.79 Å². The minimum Gasteiger partial charge on any atom is -0.481 e. The number of aliphatic hydroxyl groups excluding tert-OH is 1. The molecule has 1 unspecified atom stereocenters. The van der Waals surface area contributed by atoms with Gasteiger partial charge in [-0.15, -0.1) is 0 Å². The van der Waals surface area contributed by atoms with Crippen molar-refractivity contribution in [1.82, 2.24) is 0 Å². The molecule has 0 bridgehead atoms. The standard InChI is InChI=1S/C22H40F2O4/c1-3-4-9-13-21(2,28)15-16-22(20(23)24)14-12-18(25)17(22)10-7-5-6-8-11-19(26)27/h17-18,20,25,28H,3-16H2,1-2H3,(H,26,27)/t17-,18-,21?,22-/m0/s1. The summed E-state index contributed by atoms with van der Waals surface area (Å²) in [5.41, 5.74) is -2.15. The van der Waals surface area contributed by atoms with Crippen LogP contribution in [-0.2, 0) is 4.79 Å². The molecule has 0 saturated heterocycles. The van der Waals surface area contributed by atoms with Crippen LogP contribution in [-0.4, -0.2) is 39.4 Å². The summed E-state index contributed by atoms with van der Waals surface area (Å²) in [7, 11) is 0. The molecule has 4 nitrogen and oxygen atoms in total. The van der Waals surface area contributed by atoms with Gasteiger partial charge in [0.15, 0.2) is 0 Å². The lowest BCUT2D eigenvalue weighted by atomic mass is 9.70. The lowest BCUT2D eigenvalue weighted by Crippen LogP contribution is -2.39. The molecule has 1 saturated carbocycles. The van der Waals surface area contributed by atoms with Crippen molar-refractivity contribution in [2.75, 3.05) is 0 Å². The van der Waals surface area contributed by atoms with Crippen LogP contribution in [0.1, 0.15) is 104 Å². The largest absolute Gasteiger partial charge is 0.481 e. The van der Waals surface area contributed by atoms with Crippen molar-refractivity contribution in [3.8, 4) is 0 Å². The van der Waals surface area contributed by atoms with Gasteiger partial charge in [0.1, 0.15) is 0 Å². The smallest absolute Gasteiger partial charge is 0.303 e. The topological polar surface area (TPSA) is 77.8 Å². The Kier molecular flexibility index (Phi) is 10.9. The molecule has 1 rings (SSSR count). The first-order valence-corrected chi connectivity index (χ1v) is 11.0. The van der Waals surface area contributed by atoms with Crippen molar-refractivity contribution in [3.05, 3.63) is 0 Å². The van der Waals surface area contributed by atoms with Crippen molar-refractivity contribution in [2.45, 2.75) is 122 Å². The number of rotatable bonds is 15. The third-order valence-corrected chi connectivity index (χ3v) is 6.65. The van der Waals surface area contributed by atoms with E-state index in [-0.39, 0.29) is 12.8 Å². The summed E-state index contributed by atoms with van der Waals surface area (Å²) in [5, 5.41) is 29.7. The fourth-order valence-electron chi connectivity index (χ4n) is 4.73. The van der Waals surface area contributed by atoms with Crippen LogP contribution in [0.2, 0.25) is 0 Å². The number of alkyl halides is 2. The summed E-state index contributed by atoms with van der Waals surface area (Å²) >= 11 is 0. The van der Waals surface area contributed by atoms with Gasteiger partial charge in [-0.1, -0.05) is 45.4 Å². The number of carbonyl (C=O) groups is 1. The number of hydrogen-bond acceptors (Lipinski definition) is 3. The van der Waals surface area contributed by atoms with Gasteiger partial charge >= 0.3 is 5.97 Å². The van der Waals surface area contributed by atoms with E-state index in [1.165, 1.54) is 0 Å². The van der Waals surface area contributed by atoms with Crippen molar-refractivity contribution < 1.29 is 28.9 Å². The molecule has 3 N–H and O–H groups in total. The Balaban J connectivity index is 2.61. The van der Waals surface area contributed by atoms with E-state index in [1.54, 1.807) is 6.92 Å². The van der Waals surface area contributed by atoms with E-state index >= 15 is 0 Å². The summed E-state index contributed by atoms with van der Waals surface area (Å²) in [6, 6.07) is 0. The van der Waals surface area contributed by atoms with Crippen LogP contribution in [0.25, 0.3) is 0 Å². The maximum atomic E-state index is 14.2. The maximum absolute atomic E-state index is 14.2. The number of aliphatic carboxylic acids is 1. The Morgan fingerprint density at radius 2 is 1.82 bits per heavy atom. The monoisotopic (exact) mass is 406 g/mol. The fraction of sp³-hybridized carbons (Fsp3) is 0.955. The average molecular weight is 407 g/mol. The predicted molar refractivity (Wildman–Crippen MR) is 107 cm³/mol. The second kappa shape index (κ2) is 12.1. The number of halogens is 2. The van der Waals surface area contributed by atoms with E-state index < -0.39 is 35.4 Å². The third kappa shape index (κ3) is 7.94. The Bertz CT molecular complexity index is 456. The van der Waals surface area contributed by atoms with Gasteiger partial charge in [-0.25, -0.2) is 8.78 Å². The molecule has 6 heteroatoms. The molecule has 1 aliphatic rings. The van der Waals surface area contributed by atoms with Crippen LogP contribution < -0.4 is 0 Å². The summed E-state index contributed by atoms with van der Waals surface area (Å²) in [6.45, 7) is 3.83. The molecule has 0 radical (unpaired) electrons. The first kappa shape index (κ1) is 25.3. The maximum Gasteiger partial charge on any atom is 0.303 e. The molecule has 1 fully saturated rings. The zero-order valence-corrected chi connectivity index (χ0v) is 17.6. The molecule has 4 atom stereocenters. The first-order valence-electron chi connectivity index (χ1n) is 11.0. The van der Waals surface area contributed by atoms with Gasteiger partial charge in [-0.05, 0) is 57.8 Å². The Hall–Kier alpha value is -0.750. The highest BCUT2D eigenvalue weighted by molar-refractivity contribution is 5.66. The first-order chi connectivity index (χ1) is 13.1. The summed E-state index contributed by atoms with van der Waals surface area (Å²) in [5.74, 6) is -1.26. The van der Waals surface area contributed by atoms with Gasteiger partial charge in [0.2, 0.25) is 6.43 Å².